The number of carbonyl (C=O) groups is 1. The van der Waals surface area contributed by atoms with Crippen LogP contribution in [0.4, 0.5) is 0 Å². The van der Waals surface area contributed by atoms with Crippen molar-refractivity contribution >= 4 is 46.3 Å². The van der Waals surface area contributed by atoms with E-state index in [1.807, 2.05) is 48.5 Å². The highest BCUT2D eigenvalue weighted by atomic mass is 35.5. The van der Waals surface area contributed by atoms with Gasteiger partial charge in [0.25, 0.3) is 0 Å². The van der Waals surface area contributed by atoms with Crippen molar-refractivity contribution in [1.82, 2.24) is 5.43 Å². The Labute approximate surface area is 182 Å². The summed E-state index contributed by atoms with van der Waals surface area (Å²) in [4.78, 5) is 12.2. The van der Waals surface area contributed by atoms with Crippen LogP contribution < -0.4 is 10.2 Å². The number of ether oxygens (including phenoxy) is 1. The maximum atomic E-state index is 12.2. The number of para-hydroxylation sites is 1. The van der Waals surface area contributed by atoms with Crippen molar-refractivity contribution in [2.45, 2.75) is 6.61 Å². The average molecular weight is 439 g/mol. The normalized spacial score (nSPS) is 11.1. The van der Waals surface area contributed by atoms with Crippen LogP contribution in [0.25, 0.3) is 11.0 Å². The molecule has 5 nitrogen and oxygen atoms in total. The minimum atomic E-state index is -0.415. The number of hydrazone groups is 1. The van der Waals surface area contributed by atoms with E-state index < -0.39 is 5.91 Å². The number of hydrogen-bond donors (Lipinski definition) is 1. The zero-order valence-corrected chi connectivity index (χ0v) is 17.2. The van der Waals surface area contributed by atoms with Gasteiger partial charge in [-0.3, -0.25) is 4.79 Å². The quantitative estimate of drug-likeness (QED) is 0.293. The molecule has 0 radical (unpaired) electrons. The van der Waals surface area contributed by atoms with Crippen LogP contribution in [0.5, 0.6) is 5.75 Å². The van der Waals surface area contributed by atoms with E-state index in [9.17, 15) is 4.79 Å². The summed E-state index contributed by atoms with van der Waals surface area (Å²) in [7, 11) is 0. The first-order chi connectivity index (χ1) is 14.6. The molecule has 1 amide bonds. The lowest BCUT2D eigenvalue weighted by molar-refractivity contribution is 0.0929. The molecule has 1 heterocycles. The van der Waals surface area contributed by atoms with Crippen LogP contribution in [0.2, 0.25) is 10.0 Å². The molecular weight excluding hydrogens is 423 g/mol. The lowest BCUT2D eigenvalue weighted by Crippen LogP contribution is -2.16. The van der Waals surface area contributed by atoms with Gasteiger partial charge in [-0.2, -0.15) is 5.10 Å². The molecule has 150 valence electrons. The second kappa shape index (κ2) is 9.03. The van der Waals surface area contributed by atoms with Gasteiger partial charge in [0, 0.05) is 21.0 Å². The lowest BCUT2D eigenvalue weighted by Gasteiger charge is -2.08. The number of carbonyl (C=O) groups excluding carboxylic acids is 1. The number of amides is 1. The first-order valence-electron chi connectivity index (χ1n) is 9.07. The third-order valence-corrected chi connectivity index (χ3v) is 4.91. The Morgan fingerprint density at radius 2 is 1.83 bits per heavy atom. The van der Waals surface area contributed by atoms with Crippen molar-refractivity contribution < 1.29 is 13.9 Å². The average Bonchev–Trinajstić information content (AvgIpc) is 3.18. The summed E-state index contributed by atoms with van der Waals surface area (Å²) in [5, 5.41) is 5.98. The predicted molar refractivity (Wildman–Crippen MR) is 119 cm³/mol. The first kappa shape index (κ1) is 20.0. The zero-order valence-electron chi connectivity index (χ0n) is 15.6. The number of nitrogens with one attached hydrogen (secondary N) is 1. The number of nitrogens with zero attached hydrogens (tertiary/aromatic N) is 1. The van der Waals surface area contributed by atoms with E-state index >= 15 is 0 Å². The van der Waals surface area contributed by atoms with Crippen molar-refractivity contribution in [2.24, 2.45) is 5.10 Å². The minimum absolute atomic E-state index is 0.206. The van der Waals surface area contributed by atoms with Crippen LogP contribution in [-0.2, 0) is 6.61 Å². The molecule has 7 heteroatoms. The van der Waals surface area contributed by atoms with Crippen LogP contribution in [0.15, 0.2) is 82.3 Å². The van der Waals surface area contributed by atoms with Gasteiger partial charge in [-0.1, -0.05) is 47.5 Å². The molecule has 0 bridgehead atoms. The van der Waals surface area contributed by atoms with Crippen molar-refractivity contribution in [3.05, 3.63) is 99.7 Å². The maximum absolute atomic E-state index is 12.2. The van der Waals surface area contributed by atoms with Crippen molar-refractivity contribution in [2.75, 3.05) is 0 Å². The smallest absolute Gasteiger partial charge is 0.307 e. The van der Waals surface area contributed by atoms with Gasteiger partial charge in [0.2, 0.25) is 0 Å². The Morgan fingerprint density at radius 1 is 1.03 bits per heavy atom. The molecule has 0 atom stereocenters. The molecule has 1 N–H and O–H groups in total. The molecule has 30 heavy (non-hydrogen) atoms. The second-order valence-corrected chi connectivity index (χ2v) is 7.28. The van der Waals surface area contributed by atoms with E-state index in [2.05, 4.69) is 10.5 Å². The number of fused-ring (bicyclic) bond motifs is 1. The van der Waals surface area contributed by atoms with E-state index in [0.29, 0.717) is 28.0 Å². The van der Waals surface area contributed by atoms with Gasteiger partial charge < -0.3 is 9.15 Å². The van der Waals surface area contributed by atoms with Crippen LogP contribution >= 0.6 is 23.2 Å². The molecule has 0 unspecified atom stereocenters. The summed E-state index contributed by atoms with van der Waals surface area (Å²) in [5.74, 6) is 0.477. The number of rotatable bonds is 6. The molecular formula is C23H16Cl2N2O3. The molecule has 1 aromatic heterocycles. The van der Waals surface area contributed by atoms with Crippen LogP contribution in [0.1, 0.15) is 21.7 Å². The van der Waals surface area contributed by atoms with Gasteiger partial charge in [0.15, 0.2) is 5.76 Å². The Morgan fingerprint density at radius 3 is 2.60 bits per heavy atom. The number of hydrogen-bond acceptors (Lipinski definition) is 4. The minimum Gasteiger partial charge on any atom is -0.489 e. The van der Waals surface area contributed by atoms with Gasteiger partial charge in [-0.05, 0) is 54.1 Å². The van der Waals surface area contributed by atoms with E-state index in [1.54, 1.807) is 30.5 Å². The van der Waals surface area contributed by atoms with Gasteiger partial charge in [0.05, 0.1) is 6.21 Å². The first-order valence-corrected chi connectivity index (χ1v) is 9.83. The van der Waals surface area contributed by atoms with Gasteiger partial charge >= 0.3 is 5.91 Å². The molecule has 0 saturated heterocycles. The topological polar surface area (TPSA) is 63.8 Å². The largest absolute Gasteiger partial charge is 0.489 e. The third kappa shape index (κ3) is 4.82. The van der Waals surface area contributed by atoms with E-state index in [-0.39, 0.29) is 5.76 Å². The molecule has 0 aliphatic heterocycles. The second-order valence-electron chi connectivity index (χ2n) is 6.44. The Balaban J connectivity index is 1.32. The molecule has 0 fully saturated rings. The fourth-order valence-corrected chi connectivity index (χ4v) is 3.23. The summed E-state index contributed by atoms with van der Waals surface area (Å²) in [6.07, 6.45) is 1.54. The van der Waals surface area contributed by atoms with Gasteiger partial charge in [0.1, 0.15) is 17.9 Å². The summed E-state index contributed by atoms with van der Waals surface area (Å²) in [6.45, 7) is 0.330. The van der Waals surface area contributed by atoms with Crippen molar-refractivity contribution in [3.63, 3.8) is 0 Å². The van der Waals surface area contributed by atoms with Crippen LogP contribution in [0.3, 0.4) is 0 Å². The van der Waals surface area contributed by atoms with E-state index in [4.69, 9.17) is 32.4 Å². The molecule has 4 aromatic rings. The summed E-state index contributed by atoms with van der Waals surface area (Å²) < 4.78 is 11.3. The van der Waals surface area contributed by atoms with Gasteiger partial charge in [-0.15, -0.1) is 0 Å². The highest BCUT2D eigenvalue weighted by Gasteiger charge is 2.10. The Bertz CT molecular complexity index is 1180. The van der Waals surface area contributed by atoms with Crippen LogP contribution in [0, 0.1) is 0 Å². The molecule has 0 aliphatic rings. The van der Waals surface area contributed by atoms with E-state index in [0.717, 1.165) is 16.5 Å². The van der Waals surface area contributed by atoms with Crippen molar-refractivity contribution in [1.29, 1.82) is 0 Å². The predicted octanol–water partition coefficient (Wildman–Crippen LogP) is 6.08. The fraction of sp³-hybridized carbons (Fsp3) is 0.0435. The molecule has 0 saturated carbocycles. The number of furan rings is 1. The van der Waals surface area contributed by atoms with Crippen LogP contribution in [-0.4, -0.2) is 12.1 Å². The number of halogens is 2. The molecule has 0 aliphatic carbocycles. The third-order valence-electron chi connectivity index (χ3n) is 4.32. The molecule has 3 aromatic carbocycles. The van der Waals surface area contributed by atoms with Crippen molar-refractivity contribution in [3.8, 4) is 5.75 Å². The Kier molecular flexibility index (Phi) is 6.02. The standard InChI is InChI=1S/C23H16Cl2N2O3/c24-18-8-7-17(20(25)12-18)14-29-19-9-5-15(6-10-19)13-26-27-23(28)22-11-16-3-1-2-4-21(16)30-22/h1-13H,14H2,(H,27,28)/b26-13+. The summed E-state index contributed by atoms with van der Waals surface area (Å²) in [6, 6.07) is 21.7. The fourth-order valence-electron chi connectivity index (χ4n) is 2.76. The molecule has 4 rings (SSSR count). The number of benzene rings is 3. The van der Waals surface area contributed by atoms with Gasteiger partial charge in [-0.25, -0.2) is 5.43 Å². The monoisotopic (exact) mass is 438 g/mol. The summed E-state index contributed by atoms with van der Waals surface area (Å²) in [5.41, 5.74) is 4.77. The highest BCUT2D eigenvalue weighted by Crippen LogP contribution is 2.23. The highest BCUT2D eigenvalue weighted by molar-refractivity contribution is 6.35. The SMILES string of the molecule is O=C(N/N=C/c1ccc(OCc2ccc(Cl)cc2Cl)cc1)c1cc2ccccc2o1. The zero-order chi connectivity index (χ0) is 20.9. The van der Waals surface area contributed by atoms with E-state index in [1.165, 1.54) is 0 Å². The summed E-state index contributed by atoms with van der Waals surface area (Å²) >= 11 is 12.0. The maximum Gasteiger partial charge on any atom is 0.307 e. The molecule has 0 spiro atoms. The Hall–Kier alpha value is -3.28. The lowest BCUT2D eigenvalue weighted by atomic mass is 10.2.